The number of aromatic nitrogens is 1. The zero-order valence-electron chi connectivity index (χ0n) is 10.9. The van der Waals surface area contributed by atoms with E-state index in [-0.39, 0.29) is 5.91 Å². The minimum Gasteiger partial charge on any atom is -0.545 e. The van der Waals surface area contributed by atoms with E-state index in [0.29, 0.717) is 16.9 Å². The van der Waals surface area contributed by atoms with Gasteiger partial charge in [-0.25, -0.2) is 0 Å². The van der Waals surface area contributed by atoms with Crippen LogP contribution >= 0.6 is 0 Å². The molecule has 1 aromatic heterocycles. The van der Waals surface area contributed by atoms with E-state index in [1.165, 1.54) is 11.0 Å². The molecule has 0 spiro atoms. The van der Waals surface area contributed by atoms with Crippen LogP contribution in [0.15, 0.2) is 48.7 Å². The number of hydrogen-bond donors (Lipinski definition) is 1. The summed E-state index contributed by atoms with van der Waals surface area (Å²) in [4.78, 5) is 27.0. The third-order valence-corrected chi connectivity index (χ3v) is 2.83. The van der Waals surface area contributed by atoms with Crippen molar-refractivity contribution in [2.75, 3.05) is 11.9 Å². The van der Waals surface area contributed by atoms with Crippen LogP contribution in [0.4, 0.5) is 5.69 Å². The standard InChI is InChI=1S/C15H14N2O3/c1-17(15(20)12-6-4-10-16-12)13-7-3-2-5-11(13)8-9-14(18)19/h2-10,16H,1H3,(H,18,19)/p-1/b9-8+. The molecule has 1 N–H and O–H groups in total. The fraction of sp³-hybridized carbons (Fsp3) is 0.0667. The van der Waals surface area contributed by atoms with Gasteiger partial charge in [-0.15, -0.1) is 0 Å². The lowest BCUT2D eigenvalue weighted by molar-refractivity contribution is -0.297. The zero-order chi connectivity index (χ0) is 14.5. The summed E-state index contributed by atoms with van der Waals surface area (Å²) in [6.07, 6.45) is 4.01. The van der Waals surface area contributed by atoms with Crippen molar-refractivity contribution < 1.29 is 14.7 Å². The van der Waals surface area contributed by atoms with E-state index in [9.17, 15) is 14.7 Å². The number of carboxylic acid groups (broad SMARTS) is 1. The molecule has 20 heavy (non-hydrogen) atoms. The first kappa shape index (κ1) is 13.6. The van der Waals surface area contributed by atoms with Crippen LogP contribution in [-0.2, 0) is 4.79 Å². The van der Waals surface area contributed by atoms with Gasteiger partial charge in [0, 0.05) is 13.2 Å². The van der Waals surface area contributed by atoms with Gasteiger partial charge in [0.05, 0.1) is 11.7 Å². The number of benzene rings is 1. The highest BCUT2D eigenvalue weighted by atomic mass is 16.4. The lowest BCUT2D eigenvalue weighted by Crippen LogP contribution is -2.27. The zero-order valence-corrected chi connectivity index (χ0v) is 10.9. The van der Waals surface area contributed by atoms with E-state index in [1.54, 1.807) is 49.6 Å². The summed E-state index contributed by atoms with van der Waals surface area (Å²) < 4.78 is 0. The van der Waals surface area contributed by atoms with Gasteiger partial charge in [0.2, 0.25) is 0 Å². The molecule has 1 heterocycles. The van der Waals surface area contributed by atoms with Gasteiger partial charge >= 0.3 is 0 Å². The second-order valence-electron chi connectivity index (χ2n) is 4.16. The Morgan fingerprint density at radius 2 is 1.95 bits per heavy atom. The van der Waals surface area contributed by atoms with E-state index in [0.717, 1.165) is 6.08 Å². The number of anilines is 1. The predicted octanol–water partition coefficient (Wildman–Crippen LogP) is 1.05. The van der Waals surface area contributed by atoms with Crippen LogP contribution in [-0.4, -0.2) is 23.9 Å². The quantitative estimate of drug-likeness (QED) is 0.843. The number of hydrogen-bond acceptors (Lipinski definition) is 3. The number of nitrogens with one attached hydrogen (secondary N) is 1. The van der Waals surface area contributed by atoms with E-state index >= 15 is 0 Å². The molecule has 0 unspecified atom stereocenters. The Morgan fingerprint density at radius 3 is 2.60 bits per heavy atom. The molecule has 0 saturated carbocycles. The SMILES string of the molecule is CN(C(=O)c1ccc[nH]1)c1ccccc1/C=C/C(=O)[O-]. The van der Waals surface area contributed by atoms with Crippen LogP contribution in [0, 0.1) is 0 Å². The maximum absolute atomic E-state index is 12.2. The first-order valence-electron chi connectivity index (χ1n) is 5.99. The van der Waals surface area contributed by atoms with E-state index in [2.05, 4.69) is 4.98 Å². The summed E-state index contributed by atoms with van der Waals surface area (Å²) in [6.45, 7) is 0. The minimum atomic E-state index is -1.28. The second-order valence-corrected chi connectivity index (χ2v) is 4.16. The van der Waals surface area contributed by atoms with Crippen molar-refractivity contribution in [3.63, 3.8) is 0 Å². The first-order valence-corrected chi connectivity index (χ1v) is 5.99. The molecule has 2 rings (SSSR count). The number of aliphatic carboxylic acids is 1. The summed E-state index contributed by atoms with van der Waals surface area (Å²) in [5.74, 6) is -1.48. The Balaban J connectivity index is 2.32. The van der Waals surface area contributed by atoms with Gasteiger partial charge in [0.1, 0.15) is 5.69 Å². The number of carbonyl (C=O) groups excluding carboxylic acids is 2. The number of amides is 1. The molecule has 102 valence electrons. The summed E-state index contributed by atoms with van der Waals surface area (Å²) in [5.41, 5.74) is 1.70. The molecule has 0 radical (unpaired) electrons. The van der Waals surface area contributed by atoms with Gasteiger partial charge in [-0.2, -0.15) is 0 Å². The van der Waals surface area contributed by atoms with Crippen molar-refractivity contribution in [2.45, 2.75) is 0 Å². The summed E-state index contributed by atoms with van der Waals surface area (Å²) in [6, 6.07) is 10.4. The van der Waals surface area contributed by atoms with Gasteiger partial charge in [-0.3, -0.25) is 4.79 Å². The van der Waals surface area contributed by atoms with Crippen LogP contribution in [0.3, 0.4) is 0 Å². The largest absolute Gasteiger partial charge is 0.545 e. The van der Waals surface area contributed by atoms with Crippen LogP contribution in [0.25, 0.3) is 6.08 Å². The number of nitrogens with zero attached hydrogens (tertiary/aromatic N) is 1. The number of para-hydroxylation sites is 1. The monoisotopic (exact) mass is 269 g/mol. The van der Waals surface area contributed by atoms with Gasteiger partial charge < -0.3 is 19.8 Å². The van der Waals surface area contributed by atoms with Crippen LogP contribution in [0.5, 0.6) is 0 Å². The molecule has 5 heteroatoms. The van der Waals surface area contributed by atoms with E-state index in [1.807, 2.05) is 0 Å². The topological polar surface area (TPSA) is 76.2 Å². The van der Waals surface area contributed by atoms with Crippen molar-refractivity contribution in [3.05, 3.63) is 59.9 Å². The molecule has 5 nitrogen and oxygen atoms in total. The van der Waals surface area contributed by atoms with Crippen molar-refractivity contribution in [1.82, 2.24) is 4.98 Å². The van der Waals surface area contributed by atoms with Crippen LogP contribution in [0.2, 0.25) is 0 Å². The fourth-order valence-corrected chi connectivity index (χ4v) is 1.85. The van der Waals surface area contributed by atoms with Crippen molar-refractivity contribution in [2.24, 2.45) is 0 Å². The fourth-order valence-electron chi connectivity index (χ4n) is 1.85. The van der Waals surface area contributed by atoms with Crippen LogP contribution in [0.1, 0.15) is 16.1 Å². The third-order valence-electron chi connectivity index (χ3n) is 2.83. The summed E-state index contributed by atoms with van der Waals surface area (Å²) in [7, 11) is 1.63. The molecule has 0 aliphatic rings. The number of carboxylic acids is 1. The average Bonchev–Trinajstić information content (AvgIpc) is 2.98. The molecule has 0 bridgehead atoms. The number of aromatic amines is 1. The Morgan fingerprint density at radius 1 is 1.20 bits per heavy atom. The molecule has 0 aliphatic carbocycles. The average molecular weight is 269 g/mol. The van der Waals surface area contributed by atoms with E-state index in [4.69, 9.17) is 0 Å². The maximum Gasteiger partial charge on any atom is 0.274 e. The van der Waals surface area contributed by atoms with Gasteiger partial charge in [0.25, 0.3) is 5.91 Å². The molecule has 0 atom stereocenters. The Hall–Kier alpha value is -2.82. The Labute approximate surface area is 116 Å². The third kappa shape index (κ3) is 2.95. The number of rotatable bonds is 4. The smallest absolute Gasteiger partial charge is 0.274 e. The number of H-pyrrole nitrogens is 1. The second kappa shape index (κ2) is 5.88. The first-order chi connectivity index (χ1) is 9.59. The Bertz CT molecular complexity index is 645. The molecule has 1 aromatic carbocycles. The molecule has 0 saturated heterocycles. The molecule has 0 fully saturated rings. The van der Waals surface area contributed by atoms with Crippen molar-refractivity contribution in [1.29, 1.82) is 0 Å². The molecule has 0 aliphatic heterocycles. The highest BCUT2D eigenvalue weighted by molar-refractivity contribution is 6.05. The van der Waals surface area contributed by atoms with Gasteiger partial charge in [-0.1, -0.05) is 24.3 Å². The van der Waals surface area contributed by atoms with Crippen molar-refractivity contribution >= 4 is 23.6 Å². The summed E-state index contributed by atoms with van der Waals surface area (Å²) >= 11 is 0. The highest BCUT2D eigenvalue weighted by Gasteiger charge is 2.15. The van der Waals surface area contributed by atoms with Crippen molar-refractivity contribution in [3.8, 4) is 0 Å². The summed E-state index contributed by atoms with van der Waals surface area (Å²) in [5, 5.41) is 10.5. The molecule has 2 aromatic rings. The normalized spacial score (nSPS) is 10.7. The molecular weight excluding hydrogens is 256 g/mol. The lowest BCUT2D eigenvalue weighted by atomic mass is 10.1. The minimum absolute atomic E-state index is 0.204. The molecule has 1 amide bonds. The van der Waals surface area contributed by atoms with E-state index < -0.39 is 5.97 Å². The molecular formula is C15H13N2O3-. The maximum atomic E-state index is 12.2. The van der Waals surface area contributed by atoms with Crippen LogP contribution < -0.4 is 10.0 Å². The number of carbonyl (C=O) groups is 2. The predicted molar refractivity (Wildman–Crippen MR) is 74.0 cm³/mol. The Kier molecular flexibility index (Phi) is 4.00. The van der Waals surface area contributed by atoms with Gasteiger partial charge in [-0.05, 0) is 29.8 Å². The lowest BCUT2D eigenvalue weighted by Gasteiger charge is -2.19. The highest BCUT2D eigenvalue weighted by Crippen LogP contribution is 2.22. The van der Waals surface area contributed by atoms with Gasteiger partial charge in [0.15, 0.2) is 0 Å².